The Hall–Kier alpha value is -1.48. The lowest BCUT2D eigenvalue weighted by Crippen LogP contribution is -2.31. The number of amides is 1. The largest absolute Gasteiger partial charge is 0.350 e. The first kappa shape index (κ1) is 15.9. The molecule has 6 nitrogen and oxygen atoms in total. The number of nitrogens with one attached hydrogen (secondary N) is 1. The van der Waals surface area contributed by atoms with E-state index in [9.17, 15) is 13.2 Å². The smallest absolute Gasteiger partial charge is 0.263 e. The third-order valence-electron chi connectivity index (χ3n) is 2.51. The summed E-state index contributed by atoms with van der Waals surface area (Å²) in [7, 11) is -3.59. The van der Waals surface area contributed by atoms with Gasteiger partial charge >= 0.3 is 0 Å². The molecule has 1 aromatic heterocycles. The molecule has 0 unspecified atom stereocenters. The van der Waals surface area contributed by atoms with Crippen LogP contribution in [0.2, 0.25) is 5.02 Å². The van der Waals surface area contributed by atoms with E-state index in [2.05, 4.69) is 10.3 Å². The van der Waals surface area contributed by atoms with Crippen molar-refractivity contribution in [2.75, 3.05) is 12.3 Å². The molecule has 0 radical (unpaired) electrons. The van der Waals surface area contributed by atoms with Gasteiger partial charge in [0, 0.05) is 12.1 Å². The first-order valence-electron chi connectivity index (χ1n) is 5.86. The number of nitrogens with two attached hydrogens (primary N) is 1. The van der Waals surface area contributed by atoms with Gasteiger partial charge in [0.25, 0.3) is 5.91 Å². The molecule has 0 fully saturated rings. The van der Waals surface area contributed by atoms with E-state index in [1.807, 2.05) is 12.1 Å². The minimum Gasteiger partial charge on any atom is -0.350 e. The van der Waals surface area contributed by atoms with E-state index in [-0.39, 0.29) is 12.3 Å². The molecule has 0 saturated carbocycles. The molecule has 1 heterocycles. The Morgan fingerprint density at radius 3 is 2.76 bits per heavy atom. The van der Waals surface area contributed by atoms with Gasteiger partial charge in [-0.3, -0.25) is 4.79 Å². The number of aromatic nitrogens is 1. The molecule has 0 spiro atoms. The van der Waals surface area contributed by atoms with Crippen LogP contribution >= 0.6 is 22.9 Å². The van der Waals surface area contributed by atoms with Crippen molar-refractivity contribution in [1.82, 2.24) is 10.3 Å². The zero-order chi connectivity index (χ0) is 15.5. The van der Waals surface area contributed by atoms with Gasteiger partial charge in [-0.15, -0.1) is 11.3 Å². The van der Waals surface area contributed by atoms with E-state index in [1.165, 1.54) is 17.5 Å². The number of benzene rings is 1. The average molecular weight is 346 g/mol. The van der Waals surface area contributed by atoms with Gasteiger partial charge in [0.05, 0.1) is 17.0 Å². The Kier molecular flexibility index (Phi) is 4.94. The number of hydrogen-bond donors (Lipinski definition) is 2. The fourth-order valence-corrected chi connectivity index (χ4v) is 3.07. The predicted molar refractivity (Wildman–Crippen MR) is 82.9 cm³/mol. The molecular weight excluding hydrogens is 334 g/mol. The summed E-state index contributed by atoms with van der Waals surface area (Å²) in [6.45, 7) is -0.0446. The average Bonchev–Trinajstić information content (AvgIpc) is 2.87. The van der Waals surface area contributed by atoms with Gasteiger partial charge in [-0.2, -0.15) is 0 Å². The number of halogens is 1. The second kappa shape index (κ2) is 6.52. The maximum Gasteiger partial charge on any atom is 0.263 e. The Bertz CT molecular complexity index is 759. The third-order valence-corrected chi connectivity index (χ3v) is 4.64. The van der Waals surface area contributed by atoms with Crippen LogP contribution in [0.5, 0.6) is 0 Å². The van der Waals surface area contributed by atoms with Gasteiger partial charge in [-0.05, 0) is 6.07 Å². The highest BCUT2D eigenvalue weighted by atomic mass is 35.5. The second-order valence-corrected chi connectivity index (χ2v) is 7.30. The molecule has 0 aliphatic rings. The SMILES string of the molecule is NS(=O)(=O)CCNC(=O)c1cnc(-c2ccccc2Cl)s1. The van der Waals surface area contributed by atoms with Gasteiger partial charge in [-0.1, -0.05) is 29.8 Å². The molecule has 0 aliphatic heterocycles. The van der Waals surface area contributed by atoms with Crippen LogP contribution in [0.25, 0.3) is 10.6 Å². The minimum absolute atomic E-state index is 0.0446. The summed E-state index contributed by atoms with van der Waals surface area (Å²) in [5.41, 5.74) is 0.743. The van der Waals surface area contributed by atoms with Gasteiger partial charge < -0.3 is 5.32 Å². The number of carbonyl (C=O) groups excluding carboxylic acids is 1. The molecule has 0 saturated heterocycles. The van der Waals surface area contributed by atoms with Crippen LogP contribution in [0.1, 0.15) is 9.67 Å². The number of hydrogen-bond acceptors (Lipinski definition) is 5. The number of nitrogens with zero attached hydrogens (tertiary/aromatic N) is 1. The standard InChI is InChI=1S/C12H12ClN3O3S2/c13-9-4-2-1-3-8(9)12-16-7-10(20-12)11(17)15-5-6-21(14,18)19/h1-4,7H,5-6H2,(H,15,17)(H2,14,18,19). The third kappa shape index (κ3) is 4.50. The molecule has 2 rings (SSSR count). The quantitative estimate of drug-likeness (QED) is 0.856. The molecule has 1 aromatic carbocycles. The molecule has 9 heteroatoms. The van der Waals surface area contributed by atoms with Crippen LogP contribution in [-0.4, -0.2) is 31.6 Å². The Labute approximate surface area is 131 Å². The molecule has 1 amide bonds. The number of rotatable bonds is 5. The number of sulfonamides is 1. The number of carbonyl (C=O) groups is 1. The van der Waals surface area contributed by atoms with Crippen molar-refractivity contribution in [2.45, 2.75) is 0 Å². The van der Waals surface area contributed by atoms with Crippen molar-refractivity contribution in [3.05, 3.63) is 40.4 Å². The highest BCUT2D eigenvalue weighted by Gasteiger charge is 2.13. The van der Waals surface area contributed by atoms with E-state index in [0.29, 0.717) is 14.9 Å². The minimum atomic E-state index is -3.59. The van der Waals surface area contributed by atoms with E-state index in [4.69, 9.17) is 16.7 Å². The van der Waals surface area contributed by atoms with Crippen LogP contribution < -0.4 is 10.5 Å². The fraction of sp³-hybridized carbons (Fsp3) is 0.167. The summed E-state index contributed by atoms with van der Waals surface area (Å²) in [5.74, 6) is -0.705. The van der Waals surface area contributed by atoms with E-state index in [0.717, 1.165) is 5.56 Å². The van der Waals surface area contributed by atoms with E-state index in [1.54, 1.807) is 12.1 Å². The van der Waals surface area contributed by atoms with Crippen molar-refractivity contribution >= 4 is 38.9 Å². The van der Waals surface area contributed by atoms with Crippen molar-refractivity contribution in [3.8, 4) is 10.6 Å². The first-order valence-corrected chi connectivity index (χ1v) is 8.77. The topological polar surface area (TPSA) is 102 Å². The van der Waals surface area contributed by atoms with Crippen LogP contribution in [0.4, 0.5) is 0 Å². The predicted octanol–water partition coefficient (Wildman–Crippen LogP) is 1.48. The summed E-state index contributed by atoms with van der Waals surface area (Å²) in [4.78, 5) is 16.4. The molecule has 0 atom stereocenters. The number of thiazole rings is 1. The summed E-state index contributed by atoms with van der Waals surface area (Å²) in [5, 5.41) is 8.50. The van der Waals surface area contributed by atoms with Crippen LogP contribution in [0, 0.1) is 0 Å². The maximum absolute atomic E-state index is 11.9. The van der Waals surface area contributed by atoms with E-state index < -0.39 is 15.9 Å². The Balaban J connectivity index is 2.06. The summed E-state index contributed by atoms with van der Waals surface area (Å²) < 4.78 is 21.6. The zero-order valence-electron chi connectivity index (χ0n) is 10.7. The number of primary sulfonamides is 1. The summed E-state index contributed by atoms with van der Waals surface area (Å²) in [6.07, 6.45) is 1.43. The van der Waals surface area contributed by atoms with Crippen molar-refractivity contribution in [3.63, 3.8) is 0 Å². The highest BCUT2D eigenvalue weighted by molar-refractivity contribution is 7.89. The molecule has 0 aliphatic carbocycles. The van der Waals surface area contributed by atoms with Crippen molar-refractivity contribution < 1.29 is 13.2 Å². The van der Waals surface area contributed by atoms with Gasteiger partial charge in [0.1, 0.15) is 9.88 Å². The lowest BCUT2D eigenvalue weighted by molar-refractivity contribution is 0.0960. The van der Waals surface area contributed by atoms with Gasteiger partial charge in [0.2, 0.25) is 10.0 Å². The van der Waals surface area contributed by atoms with Crippen molar-refractivity contribution in [2.24, 2.45) is 5.14 Å². The second-order valence-electron chi connectivity index (χ2n) is 4.13. The lowest BCUT2D eigenvalue weighted by Gasteiger charge is -2.01. The zero-order valence-corrected chi connectivity index (χ0v) is 13.1. The molecule has 21 heavy (non-hydrogen) atoms. The molecule has 3 N–H and O–H groups in total. The highest BCUT2D eigenvalue weighted by Crippen LogP contribution is 2.30. The first-order chi connectivity index (χ1) is 9.87. The summed E-state index contributed by atoms with van der Waals surface area (Å²) in [6, 6.07) is 7.18. The fourth-order valence-electron chi connectivity index (χ4n) is 1.53. The molecule has 112 valence electrons. The molecular formula is C12H12ClN3O3S2. The van der Waals surface area contributed by atoms with Gasteiger partial charge in [-0.25, -0.2) is 18.5 Å². The van der Waals surface area contributed by atoms with Crippen molar-refractivity contribution in [1.29, 1.82) is 0 Å². The normalized spacial score (nSPS) is 11.3. The summed E-state index contributed by atoms with van der Waals surface area (Å²) >= 11 is 7.24. The van der Waals surface area contributed by atoms with Gasteiger partial charge in [0.15, 0.2) is 0 Å². The monoisotopic (exact) mass is 345 g/mol. The molecule has 0 bridgehead atoms. The van der Waals surface area contributed by atoms with E-state index >= 15 is 0 Å². The van der Waals surface area contributed by atoms with Crippen LogP contribution in [0.15, 0.2) is 30.5 Å². The lowest BCUT2D eigenvalue weighted by atomic mass is 10.2. The Morgan fingerprint density at radius 1 is 1.38 bits per heavy atom. The Morgan fingerprint density at radius 2 is 2.10 bits per heavy atom. The van der Waals surface area contributed by atoms with Crippen LogP contribution in [-0.2, 0) is 10.0 Å². The molecule has 2 aromatic rings. The maximum atomic E-state index is 11.9. The van der Waals surface area contributed by atoms with Crippen LogP contribution in [0.3, 0.4) is 0 Å².